The van der Waals surface area contributed by atoms with Crippen LogP contribution in [0.2, 0.25) is 5.02 Å². The first-order valence-corrected chi connectivity index (χ1v) is 7.80. The van der Waals surface area contributed by atoms with Gasteiger partial charge < -0.3 is 10.1 Å². The van der Waals surface area contributed by atoms with E-state index in [2.05, 4.69) is 19.2 Å². The second-order valence-corrected chi connectivity index (χ2v) is 5.97. The number of hydrogen-bond acceptors (Lipinski definition) is 2. The van der Waals surface area contributed by atoms with Gasteiger partial charge in [0.25, 0.3) is 0 Å². The van der Waals surface area contributed by atoms with Gasteiger partial charge in [-0.3, -0.25) is 0 Å². The van der Waals surface area contributed by atoms with Gasteiger partial charge in [0.1, 0.15) is 5.82 Å². The first-order chi connectivity index (χ1) is 9.60. The van der Waals surface area contributed by atoms with E-state index in [1.807, 2.05) is 0 Å². The summed E-state index contributed by atoms with van der Waals surface area (Å²) in [6.45, 7) is 5.18. The van der Waals surface area contributed by atoms with Crippen LogP contribution in [0.4, 0.5) is 4.39 Å². The highest BCUT2D eigenvalue weighted by Crippen LogP contribution is 2.26. The quantitative estimate of drug-likeness (QED) is 0.858. The summed E-state index contributed by atoms with van der Waals surface area (Å²) >= 11 is 6.17. The van der Waals surface area contributed by atoms with Crippen LogP contribution in [0.5, 0.6) is 0 Å². The molecule has 0 spiro atoms. The summed E-state index contributed by atoms with van der Waals surface area (Å²) in [4.78, 5) is 0. The highest BCUT2D eigenvalue weighted by molar-refractivity contribution is 6.31. The van der Waals surface area contributed by atoms with Gasteiger partial charge in [-0.05, 0) is 62.9 Å². The fourth-order valence-corrected chi connectivity index (χ4v) is 2.93. The lowest BCUT2D eigenvalue weighted by Gasteiger charge is -2.25. The SMILES string of the molecule is CCCNC(Cc1cc(F)ccc1Cl)C1CCC(C)O1. The third-order valence-electron chi connectivity index (χ3n) is 3.82. The minimum Gasteiger partial charge on any atom is -0.374 e. The molecule has 1 fully saturated rings. The Kier molecular flexibility index (Phi) is 5.82. The Balaban J connectivity index is 2.08. The molecular weight excluding hydrogens is 277 g/mol. The van der Waals surface area contributed by atoms with Crippen molar-refractivity contribution in [2.45, 2.75) is 57.8 Å². The van der Waals surface area contributed by atoms with Gasteiger partial charge in [0, 0.05) is 11.1 Å². The lowest BCUT2D eigenvalue weighted by molar-refractivity contribution is 0.0320. The lowest BCUT2D eigenvalue weighted by atomic mass is 9.99. The van der Waals surface area contributed by atoms with Gasteiger partial charge in [0.05, 0.1) is 12.2 Å². The molecule has 3 atom stereocenters. The van der Waals surface area contributed by atoms with E-state index in [1.165, 1.54) is 12.1 Å². The predicted molar refractivity (Wildman–Crippen MR) is 80.8 cm³/mol. The first kappa shape index (κ1) is 15.7. The van der Waals surface area contributed by atoms with Crippen molar-refractivity contribution in [2.24, 2.45) is 0 Å². The summed E-state index contributed by atoms with van der Waals surface area (Å²) in [5, 5.41) is 4.15. The third kappa shape index (κ3) is 4.18. The van der Waals surface area contributed by atoms with Crippen molar-refractivity contribution >= 4 is 11.6 Å². The van der Waals surface area contributed by atoms with Crippen LogP contribution in [-0.4, -0.2) is 24.8 Å². The molecule has 1 aliphatic rings. The van der Waals surface area contributed by atoms with Crippen molar-refractivity contribution < 1.29 is 9.13 Å². The summed E-state index contributed by atoms with van der Waals surface area (Å²) in [5.41, 5.74) is 0.850. The second kappa shape index (κ2) is 7.39. The van der Waals surface area contributed by atoms with E-state index in [0.717, 1.165) is 31.4 Å². The van der Waals surface area contributed by atoms with E-state index in [9.17, 15) is 4.39 Å². The molecule has 0 aromatic heterocycles. The van der Waals surface area contributed by atoms with Crippen LogP contribution in [0, 0.1) is 5.82 Å². The zero-order valence-corrected chi connectivity index (χ0v) is 12.9. The number of benzene rings is 1. The molecule has 4 heteroatoms. The maximum Gasteiger partial charge on any atom is 0.123 e. The third-order valence-corrected chi connectivity index (χ3v) is 4.19. The van der Waals surface area contributed by atoms with Crippen LogP contribution in [0.1, 0.15) is 38.7 Å². The van der Waals surface area contributed by atoms with Crippen LogP contribution in [-0.2, 0) is 11.2 Å². The smallest absolute Gasteiger partial charge is 0.123 e. The maximum absolute atomic E-state index is 13.4. The Morgan fingerprint density at radius 1 is 1.45 bits per heavy atom. The van der Waals surface area contributed by atoms with Gasteiger partial charge in [0.15, 0.2) is 0 Å². The molecule has 112 valence electrons. The molecule has 2 rings (SSSR count). The normalized spacial score (nSPS) is 24.0. The molecule has 0 saturated carbocycles. The zero-order valence-electron chi connectivity index (χ0n) is 12.2. The van der Waals surface area contributed by atoms with E-state index in [0.29, 0.717) is 17.5 Å². The molecule has 3 unspecified atom stereocenters. The Bertz CT molecular complexity index is 440. The average Bonchev–Trinajstić information content (AvgIpc) is 2.85. The molecule has 1 heterocycles. The Labute approximate surface area is 125 Å². The van der Waals surface area contributed by atoms with Gasteiger partial charge in [-0.2, -0.15) is 0 Å². The largest absolute Gasteiger partial charge is 0.374 e. The minimum absolute atomic E-state index is 0.191. The van der Waals surface area contributed by atoms with Crippen molar-refractivity contribution in [3.05, 3.63) is 34.6 Å². The van der Waals surface area contributed by atoms with Crippen LogP contribution < -0.4 is 5.32 Å². The summed E-state index contributed by atoms with van der Waals surface area (Å²) < 4.78 is 19.3. The molecule has 1 aromatic rings. The van der Waals surface area contributed by atoms with E-state index in [-0.39, 0.29) is 18.0 Å². The van der Waals surface area contributed by atoms with E-state index < -0.39 is 0 Å². The Morgan fingerprint density at radius 2 is 2.25 bits per heavy atom. The van der Waals surface area contributed by atoms with Crippen molar-refractivity contribution in [3.63, 3.8) is 0 Å². The Hall–Kier alpha value is -0.640. The minimum atomic E-state index is -0.237. The van der Waals surface area contributed by atoms with Gasteiger partial charge in [-0.15, -0.1) is 0 Å². The highest BCUT2D eigenvalue weighted by Gasteiger charge is 2.29. The predicted octanol–water partition coefficient (Wildman–Crippen LogP) is 3.96. The van der Waals surface area contributed by atoms with Crippen molar-refractivity contribution in [1.82, 2.24) is 5.32 Å². The van der Waals surface area contributed by atoms with Gasteiger partial charge >= 0.3 is 0 Å². The first-order valence-electron chi connectivity index (χ1n) is 7.43. The van der Waals surface area contributed by atoms with Crippen molar-refractivity contribution in [2.75, 3.05) is 6.54 Å². The second-order valence-electron chi connectivity index (χ2n) is 5.56. The van der Waals surface area contributed by atoms with Gasteiger partial charge in [0.2, 0.25) is 0 Å². The van der Waals surface area contributed by atoms with E-state index in [4.69, 9.17) is 16.3 Å². The van der Waals surface area contributed by atoms with Crippen LogP contribution in [0.15, 0.2) is 18.2 Å². The summed E-state index contributed by atoms with van der Waals surface area (Å²) in [6.07, 6.45) is 4.41. The number of halogens is 2. The molecule has 0 radical (unpaired) electrons. The summed E-state index contributed by atoms with van der Waals surface area (Å²) in [7, 11) is 0. The molecule has 1 N–H and O–H groups in total. The van der Waals surface area contributed by atoms with Gasteiger partial charge in [-0.1, -0.05) is 18.5 Å². The number of nitrogens with one attached hydrogen (secondary N) is 1. The van der Waals surface area contributed by atoms with E-state index >= 15 is 0 Å². The molecule has 0 bridgehead atoms. The fraction of sp³-hybridized carbons (Fsp3) is 0.625. The average molecular weight is 300 g/mol. The maximum atomic E-state index is 13.4. The zero-order chi connectivity index (χ0) is 14.5. The van der Waals surface area contributed by atoms with Crippen LogP contribution in [0.3, 0.4) is 0 Å². The number of rotatable bonds is 6. The highest BCUT2D eigenvalue weighted by atomic mass is 35.5. The Morgan fingerprint density at radius 3 is 2.90 bits per heavy atom. The molecule has 1 aromatic carbocycles. The van der Waals surface area contributed by atoms with Gasteiger partial charge in [-0.25, -0.2) is 4.39 Å². The van der Waals surface area contributed by atoms with Crippen LogP contribution in [0.25, 0.3) is 0 Å². The fourth-order valence-electron chi connectivity index (χ4n) is 2.73. The van der Waals surface area contributed by atoms with E-state index in [1.54, 1.807) is 6.07 Å². The number of hydrogen-bond donors (Lipinski definition) is 1. The monoisotopic (exact) mass is 299 g/mol. The van der Waals surface area contributed by atoms with Crippen molar-refractivity contribution in [3.8, 4) is 0 Å². The number of ether oxygens (including phenoxy) is 1. The summed E-state index contributed by atoms with van der Waals surface area (Å²) in [5.74, 6) is -0.237. The molecule has 0 amide bonds. The standard InChI is InChI=1S/C16H23ClFNO/c1-3-8-19-15(16-7-4-11(2)20-16)10-12-9-13(18)5-6-14(12)17/h5-6,9,11,15-16,19H,3-4,7-8,10H2,1-2H3. The topological polar surface area (TPSA) is 21.3 Å². The molecule has 2 nitrogen and oxygen atoms in total. The molecule has 20 heavy (non-hydrogen) atoms. The lowest BCUT2D eigenvalue weighted by Crippen LogP contribution is -2.42. The summed E-state index contributed by atoms with van der Waals surface area (Å²) in [6, 6.07) is 4.75. The molecule has 0 aliphatic carbocycles. The van der Waals surface area contributed by atoms with Crippen LogP contribution >= 0.6 is 11.6 Å². The molecule has 1 aliphatic heterocycles. The van der Waals surface area contributed by atoms with Crippen molar-refractivity contribution in [1.29, 1.82) is 0 Å². The molecular formula is C16H23ClFNO. The molecule has 1 saturated heterocycles.